The Labute approximate surface area is 165 Å². The third-order valence-electron chi connectivity index (χ3n) is 5.05. The highest BCUT2D eigenvalue weighted by molar-refractivity contribution is 9.10. The van der Waals surface area contributed by atoms with Gasteiger partial charge in [-0.1, -0.05) is 73.3 Å². The van der Waals surface area contributed by atoms with Crippen molar-refractivity contribution in [3.05, 3.63) is 58.6 Å². The maximum atomic E-state index is 4.99. The average Bonchev–Trinajstić information content (AvgIpc) is 2.70. The molecule has 1 aliphatic carbocycles. The van der Waals surface area contributed by atoms with Crippen LogP contribution < -0.4 is 10.6 Å². The van der Waals surface area contributed by atoms with Crippen LogP contribution in [0.4, 0.5) is 11.4 Å². The second kappa shape index (κ2) is 8.72. The summed E-state index contributed by atoms with van der Waals surface area (Å²) < 4.78 is 1.11. The number of rotatable bonds is 2. The monoisotopic (exact) mass is 413 g/mol. The predicted molar refractivity (Wildman–Crippen MR) is 116 cm³/mol. The number of anilines is 2. The van der Waals surface area contributed by atoms with Gasteiger partial charge in [0, 0.05) is 4.47 Å². The molecule has 0 atom stereocenters. The third kappa shape index (κ3) is 4.12. The molecule has 1 spiro atoms. The fourth-order valence-electron chi connectivity index (χ4n) is 3.73. The largest absolute Gasteiger partial charge is 0.371 e. The average molecular weight is 414 g/mol. The van der Waals surface area contributed by atoms with Crippen molar-refractivity contribution in [1.82, 2.24) is 0 Å². The van der Waals surface area contributed by atoms with Gasteiger partial charge in [-0.3, -0.25) is 4.99 Å². The number of hydrogen-bond donors (Lipinski definition) is 2. The van der Waals surface area contributed by atoms with Crippen LogP contribution in [-0.2, 0) is 6.54 Å². The SMILES string of the molecule is Brc1ccc(CN=C2Nc3ccccc3NC23CCCCC3)cc1.CC. The Kier molecular flexibility index (Phi) is 6.36. The molecule has 138 valence electrons. The molecular formula is C22H28BrN3. The van der Waals surface area contributed by atoms with Crippen LogP contribution in [0.2, 0.25) is 0 Å². The van der Waals surface area contributed by atoms with Gasteiger partial charge in [-0.2, -0.15) is 0 Å². The van der Waals surface area contributed by atoms with E-state index in [1.165, 1.54) is 30.5 Å². The molecule has 1 saturated carbocycles. The van der Waals surface area contributed by atoms with Crippen molar-refractivity contribution < 1.29 is 0 Å². The Morgan fingerprint density at radius 3 is 2.27 bits per heavy atom. The third-order valence-corrected chi connectivity index (χ3v) is 5.58. The summed E-state index contributed by atoms with van der Waals surface area (Å²) in [4.78, 5) is 4.99. The molecule has 2 aromatic carbocycles. The normalized spacial score (nSPS) is 19.0. The maximum absolute atomic E-state index is 4.99. The minimum atomic E-state index is -0.0258. The molecule has 0 unspecified atom stereocenters. The smallest absolute Gasteiger partial charge is 0.127 e. The highest BCUT2D eigenvalue weighted by atomic mass is 79.9. The standard InChI is InChI=1S/C20H22BrN3.C2H6/c21-16-10-8-15(9-11-16)14-22-19-20(12-4-1-5-13-20)24-18-7-3-2-6-17(18)23-19;1-2/h2-3,6-11,24H,1,4-5,12-14H2,(H,22,23);1-2H3. The van der Waals surface area contributed by atoms with Gasteiger partial charge in [0.05, 0.1) is 23.5 Å². The maximum Gasteiger partial charge on any atom is 0.127 e. The predicted octanol–water partition coefficient (Wildman–Crippen LogP) is 6.61. The lowest BCUT2D eigenvalue weighted by atomic mass is 9.79. The van der Waals surface area contributed by atoms with Crippen LogP contribution >= 0.6 is 15.9 Å². The van der Waals surface area contributed by atoms with Crippen molar-refractivity contribution >= 4 is 33.1 Å². The van der Waals surface area contributed by atoms with Crippen molar-refractivity contribution in [3.63, 3.8) is 0 Å². The van der Waals surface area contributed by atoms with Crippen LogP contribution in [0, 0.1) is 0 Å². The van der Waals surface area contributed by atoms with Crippen molar-refractivity contribution in [2.45, 2.75) is 58.0 Å². The van der Waals surface area contributed by atoms with Crippen LogP contribution in [0.3, 0.4) is 0 Å². The summed E-state index contributed by atoms with van der Waals surface area (Å²) in [6, 6.07) is 16.9. The van der Waals surface area contributed by atoms with Gasteiger partial charge in [0.2, 0.25) is 0 Å². The highest BCUT2D eigenvalue weighted by Crippen LogP contribution is 2.39. The number of amidine groups is 1. The molecule has 1 heterocycles. The van der Waals surface area contributed by atoms with Crippen molar-refractivity contribution in [3.8, 4) is 0 Å². The summed E-state index contributed by atoms with van der Waals surface area (Å²) in [5.74, 6) is 1.10. The van der Waals surface area contributed by atoms with E-state index in [9.17, 15) is 0 Å². The van der Waals surface area contributed by atoms with E-state index in [-0.39, 0.29) is 5.54 Å². The molecule has 3 nitrogen and oxygen atoms in total. The molecule has 2 N–H and O–H groups in total. The van der Waals surface area contributed by atoms with Gasteiger partial charge in [0.1, 0.15) is 5.84 Å². The molecular weight excluding hydrogens is 386 g/mol. The topological polar surface area (TPSA) is 36.4 Å². The zero-order valence-corrected chi connectivity index (χ0v) is 17.3. The molecule has 4 rings (SSSR count). The number of nitrogens with zero attached hydrogens (tertiary/aromatic N) is 1. The summed E-state index contributed by atoms with van der Waals surface area (Å²) in [6.07, 6.45) is 6.13. The Hall–Kier alpha value is -1.81. The summed E-state index contributed by atoms with van der Waals surface area (Å²) in [5, 5.41) is 7.42. The quantitative estimate of drug-likeness (QED) is 0.580. The lowest BCUT2D eigenvalue weighted by molar-refractivity contribution is 0.403. The van der Waals surface area contributed by atoms with E-state index in [2.05, 4.69) is 75.1 Å². The van der Waals surface area contributed by atoms with Crippen molar-refractivity contribution in [1.29, 1.82) is 0 Å². The first-order valence-corrected chi connectivity index (χ1v) is 10.5. The fourth-order valence-corrected chi connectivity index (χ4v) is 4.00. The van der Waals surface area contributed by atoms with Gasteiger partial charge in [0.15, 0.2) is 0 Å². The van der Waals surface area contributed by atoms with Gasteiger partial charge >= 0.3 is 0 Å². The Bertz CT molecular complexity index is 746. The van der Waals surface area contributed by atoms with Gasteiger partial charge in [0.25, 0.3) is 0 Å². The molecule has 4 heteroatoms. The van der Waals surface area contributed by atoms with Crippen LogP contribution in [0.1, 0.15) is 51.5 Å². The number of benzene rings is 2. The van der Waals surface area contributed by atoms with E-state index in [0.717, 1.165) is 28.8 Å². The van der Waals surface area contributed by atoms with E-state index < -0.39 is 0 Å². The first-order valence-electron chi connectivity index (χ1n) is 9.69. The van der Waals surface area contributed by atoms with E-state index >= 15 is 0 Å². The molecule has 0 amide bonds. The number of hydrogen-bond acceptors (Lipinski definition) is 2. The van der Waals surface area contributed by atoms with E-state index in [1.54, 1.807) is 0 Å². The van der Waals surface area contributed by atoms with Crippen molar-refractivity contribution in [2.75, 3.05) is 10.6 Å². The zero-order valence-electron chi connectivity index (χ0n) is 15.7. The van der Waals surface area contributed by atoms with E-state index in [4.69, 9.17) is 4.99 Å². The summed E-state index contributed by atoms with van der Waals surface area (Å²) >= 11 is 3.49. The zero-order chi connectivity index (χ0) is 18.4. The molecule has 2 aromatic rings. The second-order valence-corrected chi connectivity index (χ2v) is 7.65. The summed E-state index contributed by atoms with van der Waals surface area (Å²) in [7, 11) is 0. The minimum Gasteiger partial charge on any atom is -0.371 e. The van der Waals surface area contributed by atoms with Gasteiger partial charge in [-0.25, -0.2) is 0 Å². The highest BCUT2D eigenvalue weighted by Gasteiger charge is 2.40. The second-order valence-electron chi connectivity index (χ2n) is 6.73. The molecule has 0 aromatic heterocycles. The van der Waals surface area contributed by atoms with Gasteiger partial charge in [-0.15, -0.1) is 0 Å². The summed E-state index contributed by atoms with van der Waals surface area (Å²) in [5.41, 5.74) is 3.53. The first kappa shape index (κ1) is 19.0. The van der Waals surface area contributed by atoms with Gasteiger partial charge < -0.3 is 10.6 Å². The molecule has 1 fully saturated rings. The molecule has 1 aliphatic heterocycles. The lowest BCUT2D eigenvalue weighted by Gasteiger charge is -2.44. The fraction of sp³-hybridized carbons (Fsp3) is 0.409. The number of aliphatic imine (C=N–C) groups is 1. The van der Waals surface area contributed by atoms with E-state index in [1.807, 2.05) is 13.8 Å². The Morgan fingerprint density at radius 2 is 1.58 bits per heavy atom. The summed E-state index contributed by atoms with van der Waals surface area (Å²) in [6.45, 7) is 4.71. The molecule has 2 aliphatic rings. The lowest BCUT2D eigenvalue weighted by Crippen LogP contribution is -2.53. The molecule has 0 bridgehead atoms. The molecule has 0 saturated heterocycles. The van der Waals surface area contributed by atoms with Crippen LogP contribution in [0.25, 0.3) is 0 Å². The van der Waals surface area contributed by atoms with E-state index in [0.29, 0.717) is 6.54 Å². The Balaban J connectivity index is 0.000000948. The molecule has 0 radical (unpaired) electrons. The number of halogens is 1. The van der Waals surface area contributed by atoms with Crippen LogP contribution in [0.5, 0.6) is 0 Å². The Morgan fingerprint density at radius 1 is 0.923 bits per heavy atom. The minimum absolute atomic E-state index is 0.0258. The van der Waals surface area contributed by atoms with Crippen LogP contribution in [-0.4, -0.2) is 11.4 Å². The van der Waals surface area contributed by atoms with Gasteiger partial charge in [-0.05, 0) is 42.7 Å². The number of nitrogens with one attached hydrogen (secondary N) is 2. The molecule has 26 heavy (non-hydrogen) atoms. The van der Waals surface area contributed by atoms with Crippen molar-refractivity contribution in [2.24, 2.45) is 4.99 Å². The number of para-hydroxylation sites is 2. The van der Waals surface area contributed by atoms with Crippen LogP contribution in [0.15, 0.2) is 58.0 Å². The first-order chi connectivity index (χ1) is 12.8. The number of fused-ring (bicyclic) bond motifs is 1.